The normalized spacial score (nSPS) is 23.7. The van der Waals surface area contributed by atoms with Crippen LogP contribution in [0.25, 0.3) is 0 Å². The van der Waals surface area contributed by atoms with Crippen LogP contribution in [0.2, 0.25) is 0 Å². The van der Waals surface area contributed by atoms with Gasteiger partial charge in [-0.05, 0) is 32.6 Å². The molecule has 100 valence electrons. The van der Waals surface area contributed by atoms with Crippen molar-refractivity contribution in [1.82, 2.24) is 5.32 Å². The van der Waals surface area contributed by atoms with Crippen molar-refractivity contribution >= 4 is 5.97 Å². The fourth-order valence-electron chi connectivity index (χ4n) is 2.72. The lowest BCUT2D eigenvalue weighted by molar-refractivity contribution is -0.142. The molecule has 0 aromatic rings. The number of carbonyl (C=O) groups is 1. The van der Waals surface area contributed by atoms with Crippen molar-refractivity contribution in [3.63, 3.8) is 0 Å². The molecule has 2 unspecified atom stereocenters. The molecule has 0 bridgehead atoms. The smallest absolute Gasteiger partial charge is 0.307 e. The molecular formula is C14H27NO2. The van der Waals surface area contributed by atoms with Crippen LogP contribution < -0.4 is 5.32 Å². The number of hydrogen-bond acceptors (Lipinski definition) is 2. The summed E-state index contributed by atoms with van der Waals surface area (Å²) in [5.41, 5.74) is 0. The lowest BCUT2D eigenvalue weighted by Crippen LogP contribution is -2.44. The number of rotatable bonds is 5. The van der Waals surface area contributed by atoms with Gasteiger partial charge < -0.3 is 10.4 Å². The summed E-state index contributed by atoms with van der Waals surface area (Å²) in [5.74, 6) is -0.303. The van der Waals surface area contributed by atoms with Crippen molar-refractivity contribution in [2.24, 2.45) is 11.8 Å². The molecule has 0 saturated heterocycles. The van der Waals surface area contributed by atoms with Crippen LogP contribution in [0.3, 0.4) is 0 Å². The molecule has 0 spiro atoms. The van der Waals surface area contributed by atoms with E-state index in [4.69, 9.17) is 5.11 Å². The predicted octanol–water partition coefficient (Wildman–Crippen LogP) is 3.04. The highest BCUT2D eigenvalue weighted by Gasteiger charge is 2.24. The van der Waals surface area contributed by atoms with Crippen molar-refractivity contribution in [3.05, 3.63) is 0 Å². The third-order valence-electron chi connectivity index (χ3n) is 4.27. The maximum Gasteiger partial charge on any atom is 0.307 e. The third-order valence-corrected chi connectivity index (χ3v) is 4.27. The van der Waals surface area contributed by atoms with Crippen molar-refractivity contribution < 1.29 is 9.90 Å². The molecule has 1 saturated carbocycles. The van der Waals surface area contributed by atoms with Crippen LogP contribution in [-0.2, 0) is 4.79 Å². The summed E-state index contributed by atoms with van der Waals surface area (Å²) < 4.78 is 0. The van der Waals surface area contributed by atoms with E-state index in [-0.39, 0.29) is 12.0 Å². The Kier molecular flexibility index (Phi) is 5.96. The Bertz CT molecular complexity index is 234. The lowest BCUT2D eigenvalue weighted by Gasteiger charge is -2.28. The van der Waals surface area contributed by atoms with Gasteiger partial charge in [-0.15, -0.1) is 0 Å². The average Bonchev–Trinajstić information content (AvgIpc) is 2.56. The van der Waals surface area contributed by atoms with Gasteiger partial charge in [0.2, 0.25) is 0 Å². The average molecular weight is 241 g/mol. The van der Waals surface area contributed by atoms with Gasteiger partial charge in [0.05, 0.1) is 5.92 Å². The first-order valence-corrected chi connectivity index (χ1v) is 7.01. The summed E-state index contributed by atoms with van der Waals surface area (Å²) in [4.78, 5) is 10.9. The van der Waals surface area contributed by atoms with Gasteiger partial charge in [0.25, 0.3) is 0 Å². The van der Waals surface area contributed by atoms with Crippen molar-refractivity contribution in [3.8, 4) is 0 Å². The summed E-state index contributed by atoms with van der Waals surface area (Å²) >= 11 is 0. The Morgan fingerprint density at radius 2 is 1.65 bits per heavy atom. The largest absolute Gasteiger partial charge is 0.481 e. The van der Waals surface area contributed by atoms with Crippen LogP contribution in [0, 0.1) is 11.8 Å². The van der Waals surface area contributed by atoms with Crippen molar-refractivity contribution in [2.45, 2.75) is 71.4 Å². The summed E-state index contributed by atoms with van der Waals surface area (Å²) in [7, 11) is 0. The van der Waals surface area contributed by atoms with Gasteiger partial charge >= 0.3 is 5.97 Å². The van der Waals surface area contributed by atoms with Crippen LogP contribution in [-0.4, -0.2) is 23.2 Å². The van der Waals surface area contributed by atoms with Crippen LogP contribution in [0.5, 0.6) is 0 Å². The molecule has 2 N–H and O–H groups in total. The van der Waals surface area contributed by atoms with Gasteiger partial charge in [-0.25, -0.2) is 0 Å². The second-order valence-electron chi connectivity index (χ2n) is 5.62. The molecule has 1 aliphatic rings. The Hall–Kier alpha value is -0.570. The quantitative estimate of drug-likeness (QED) is 0.727. The molecular weight excluding hydrogens is 214 g/mol. The molecule has 0 radical (unpaired) electrons. The van der Waals surface area contributed by atoms with E-state index in [0.717, 1.165) is 5.92 Å². The van der Waals surface area contributed by atoms with E-state index in [1.165, 1.54) is 38.5 Å². The lowest BCUT2D eigenvalue weighted by atomic mass is 9.91. The highest BCUT2D eigenvalue weighted by Crippen LogP contribution is 2.25. The minimum atomic E-state index is -0.710. The van der Waals surface area contributed by atoms with Gasteiger partial charge in [-0.1, -0.05) is 32.6 Å². The molecule has 3 atom stereocenters. The molecule has 17 heavy (non-hydrogen) atoms. The molecule has 0 aliphatic heterocycles. The van der Waals surface area contributed by atoms with Gasteiger partial charge in [0.1, 0.15) is 0 Å². The van der Waals surface area contributed by atoms with Gasteiger partial charge in [-0.2, -0.15) is 0 Å². The molecule has 0 amide bonds. The van der Waals surface area contributed by atoms with Gasteiger partial charge in [0, 0.05) is 12.1 Å². The predicted molar refractivity (Wildman–Crippen MR) is 70.1 cm³/mol. The topological polar surface area (TPSA) is 49.3 Å². The first kappa shape index (κ1) is 14.5. The van der Waals surface area contributed by atoms with Crippen molar-refractivity contribution in [2.75, 3.05) is 0 Å². The molecule has 1 aliphatic carbocycles. The highest BCUT2D eigenvalue weighted by atomic mass is 16.4. The van der Waals surface area contributed by atoms with Gasteiger partial charge in [-0.3, -0.25) is 4.79 Å². The van der Waals surface area contributed by atoms with Crippen molar-refractivity contribution in [1.29, 1.82) is 0 Å². The van der Waals surface area contributed by atoms with E-state index in [1.807, 2.05) is 6.92 Å². The first-order valence-electron chi connectivity index (χ1n) is 7.01. The summed E-state index contributed by atoms with van der Waals surface area (Å²) in [6.07, 6.45) is 7.98. The Labute approximate surface area is 105 Å². The Balaban J connectivity index is 2.41. The first-order chi connectivity index (χ1) is 8.02. The minimum absolute atomic E-state index is 0.0470. The Morgan fingerprint density at radius 3 is 2.12 bits per heavy atom. The van der Waals surface area contributed by atoms with E-state index in [1.54, 1.807) is 6.92 Å². The number of carboxylic acids is 1. The summed E-state index contributed by atoms with van der Waals surface area (Å²) in [5, 5.41) is 12.5. The molecule has 0 heterocycles. The fraction of sp³-hybridized carbons (Fsp3) is 0.929. The number of aliphatic carboxylic acids is 1. The zero-order valence-electron chi connectivity index (χ0n) is 11.4. The van der Waals surface area contributed by atoms with E-state index in [2.05, 4.69) is 12.2 Å². The number of nitrogens with one attached hydrogen (secondary N) is 1. The van der Waals surface area contributed by atoms with E-state index in [0.29, 0.717) is 6.04 Å². The standard InChI is InChI=1S/C14H27NO2/c1-10(14(16)17)11(2)15-12(3)13-8-6-4-5-7-9-13/h10-13,15H,4-9H2,1-3H3,(H,16,17)/t10?,11?,12-/m0/s1. The second-order valence-corrected chi connectivity index (χ2v) is 5.62. The van der Waals surface area contributed by atoms with E-state index < -0.39 is 5.97 Å². The monoisotopic (exact) mass is 241 g/mol. The molecule has 1 fully saturated rings. The number of carboxylic acid groups (broad SMARTS) is 1. The molecule has 1 rings (SSSR count). The van der Waals surface area contributed by atoms with Crippen LogP contribution in [0.1, 0.15) is 59.3 Å². The summed E-state index contributed by atoms with van der Waals surface area (Å²) in [6.45, 7) is 5.97. The third kappa shape index (κ3) is 4.66. The fourth-order valence-corrected chi connectivity index (χ4v) is 2.72. The van der Waals surface area contributed by atoms with E-state index >= 15 is 0 Å². The van der Waals surface area contributed by atoms with Crippen LogP contribution >= 0.6 is 0 Å². The van der Waals surface area contributed by atoms with Gasteiger partial charge in [0.15, 0.2) is 0 Å². The second kappa shape index (κ2) is 7.00. The minimum Gasteiger partial charge on any atom is -0.481 e. The molecule has 0 aromatic heterocycles. The maximum absolute atomic E-state index is 10.9. The number of hydrogen-bond donors (Lipinski definition) is 2. The Morgan fingerprint density at radius 1 is 1.12 bits per heavy atom. The van der Waals surface area contributed by atoms with Crippen LogP contribution in [0.15, 0.2) is 0 Å². The molecule has 0 aromatic carbocycles. The zero-order chi connectivity index (χ0) is 12.8. The SMILES string of the molecule is CC(N[C@@H](C)C1CCCCCC1)C(C)C(=O)O. The highest BCUT2D eigenvalue weighted by molar-refractivity contribution is 5.70. The van der Waals surface area contributed by atoms with E-state index in [9.17, 15) is 4.79 Å². The van der Waals surface area contributed by atoms with Crippen LogP contribution in [0.4, 0.5) is 0 Å². The molecule has 3 nitrogen and oxygen atoms in total. The molecule has 3 heteroatoms. The zero-order valence-corrected chi connectivity index (χ0v) is 11.4. The maximum atomic E-state index is 10.9. The summed E-state index contributed by atoms with van der Waals surface area (Å²) in [6, 6.07) is 0.482.